The quantitative estimate of drug-likeness (QED) is 0.0211. The van der Waals surface area contributed by atoms with E-state index in [2.05, 4.69) is 128 Å². The zero-order chi connectivity index (χ0) is 41.5. The summed E-state index contributed by atoms with van der Waals surface area (Å²) in [5.74, 6) is -1.04. The summed E-state index contributed by atoms with van der Waals surface area (Å²) in [6.45, 7) is 3.34. The Labute approximate surface area is 344 Å². The Morgan fingerprint density at radius 1 is 0.544 bits per heavy atom. The van der Waals surface area contributed by atoms with Gasteiger partial charge in [-0.3, -0.25) is 14.1 Å². The molecule has 3 atom stereocenters. The van der Waals surface area contributed by atoms with Gasteiger partial charge in [0.2, 0.25) is 0 Å². The molecule has 57 heavy (non-hydrogen) atoms. The number of phosphoric ester groups is 1. The van der Waals surface area contributed by atoms with Crippen LogP contribution in [0.5, 0.6) is 0 Å². The summed E-state index contributed by atoms with van der Waals surface area (Å²) in [5, 5.41) is 0. The van der Waals surface area contributed by atoms with Crippen molar-refractivity contribution in [2.75, 3.05) is 13.2 Å². The van der Waals surface area contributed by atoms with Crippen LogP contribution < -0.4 is 0 Å². The lowest BCUT2D eigenvalue weighted by Crippen LogP contribution is -2.29. The van der Waals surface area contributed by atoms with Gasteiger partial charge in [0.25, 0.3) is 0 Å². The van der Waals surface area contributed by atoms with Crippen molar-refractivity contribution in [2.24, 2.45) is 0 Å². The predicted molar refractivity (Wildman–Crippen MR) is 233 cm³/mol. The van der Waals surface area contributed by atoms with Crippen LogP contribution in [0.15, 0.2) is 122 Å². The summed E-state index contributed by atoms with van der Waals surface area (Å²) >= 11 is 0. The first-order valence-corrected chi connectivity index (χ1v) is 22.5. The molecular formula is C47H71O9P. The average Bonchev–Trinajstić information content (AvgIpc) is 3.94. The van der Waals surface area contributed by atoms with Gasteiger partial charge in [-0.1, -0.05) is 142 Å². The van der Waals surface area contributed by atoms with Crippen LogP contribution in [0.25, 0.3) is 0 Å². The zero-order valence-corrected chi connectivity index (χ0v) is 35.5. The molecule has 1 aliphatic rings. The molecule has 0 spiro atoms. The average molecular weight is 811 g/mol. The highest BCUT2D eigenvalue weighted by Crippen LogP contribution is 2.36. The van der Waals surface area contributed by atoms with Crippen LogP contribution in [-0.4, -0.2) is 53.3 Å². The van der Waals surface area contributed by atoms with E-state index in [4.69, 9.17) is 24.0 Å². The standard InChI is InChI=1S/C47H71O9P/c1-3-5-7-8-9-10-11-12-13-14-15-16-17-18-23-26-29-32-36-40-47(49)55-43(42-54-57(50,51)52)41-53-46(48)39-35-31-28-25-22-20-19-21-24-27-30-34-38-45-44(56-45)37-33-6-4-2/h5-7,9-10,12-13,15-16,18,20-24,28,30-31,33-34,43-45H,3-4,8,11,14,17,19,25-27,29,32,35-42H2,1-2H3,(H2,50,51,52)/b7-5-,10-9-,13-12-,16-15-,22-20-,23-18-,24-21-,31-28-,33-6-,34-30-/t43-,44?,45?/m1/s1. The Balaban J connectivity index is 2.15. The van der Waals surface area contributed by atoms with E-state index in [1.807, 2.05) is 12.2 Å². The number of unbranched alkanes of at least 4 members (excludes halogenated alkanes) is 3. The first kappa shape index (κ1) is 51.4. The lowest BCUT2D eigenvalue weighted by Gasteiger charge is -2.18. The summed E-state index contributed by atoms with van der Waals surface area (Å²) in [6.07, 6.45) is 56.8. The minimum Gasteiger partial charge on any atom is -0.462 e. The molecule has 2 unspecified atom stereocenters. The summed E-state index contributed by atoms with van der Waals surface area (Å²) in [7, 11) is -4.79. The third kappa shape index (κ3) is 36.5. The number of ether oxygens (including phenoxy) is 3. The smallest absolute Gasteiger partial charge is 0.462 e. The van der Waals surface area contributed by atoms with E-state index in [1.165, 1.54) is 0 Å². The van der Waals surface area contributed by atoms with Crippen molar-refractivity contribution in [1.29, 1.82) is 0 Å². The van der Waals surface area contributed by atoms with Gasteiger partial charge < -0.3 is 24.0 Å². The number of allylic oxidation sites excluding steroid dienone is 18. The van der Waals surface area contributed by atoms with E-state index in [1.54, 1.807) is 0 Å². The highest BCUT2D eigenvalue weighted by atomic mass is 31.2. The molecule has 10 heteroatoms. The van der Waals surface area contributed by atoms with Crippen LogP contribution in [0.2, 0.25) is 0 Å². The van der Waals surface area contributed by atoms with Gasteiger partial charge in [0.1, 0.15) is 6.61 Å². The van der Waals surface area contributed by atoms with Gasteiger partial charge in [0, 0.05) is 12.8 Å². The number of hydrogen-bond donors (Lipinski definition) is 2. The van der Waals surface area contributed by atoms with E-state index in [-0.39, 0.29) is 19.4 Å². The van der Waals surface area contributed by atoms with Crippen molar-refractivity contribution in [3.05, 3.63) is 122 Å². The van der Waals surface area contributed by atoms with Crippen LogP contribution in [0.3, 0.4) is 0 Å². The molecule has 0 aromatic carbocycles. The van der Waals surface area contributed by atoms with Gasteiger partial charge in [0.05, 0.1) is 18.8 Å². The highest BCUT2D eigenvalue weighted by Gasteiger charge is 2.35. The van der Waals surface area contributed by atoms with Crippen molar-refractivity contribution in [3.63, 3.8) is 0 Å². The Hall–Kier alpha value is -3.59. The van der Waals surface area contributed by atoms with E-state index >= 15 is 0 Å². The number of carbonyl (C=O) groups is 2. The second kappa shape index (κ2) is 36.7. The topological polar surface area (TPSA) is 132 Å². The minimum atomic E-state index is -4.79. The first-order chi connectivity index (χ1) is 27.7. The number of epoxide rings is 1. The molecule has 318 valence electrons. The third-order valence-electron chi connectivity index (χ3n) is 8.39. The SMILES string of the molecule is CC/C=C\C/C=C\C/C=C\C/C=C\C/C=C\CCCCCC(=O)O[C@H](COC(=O)CC/C=C\C/C=C\C/C=C\C/C=C\CC1OC1C/C=C\CC)COP(=O)(O)O. The maximum atomic E-state index is 12.4. The molecule has 0 aromatic heterocycles. The highest BCUT2D eigenvalue weighted by molar-refractivity contribution is 7.46. The summed E-state index contributed by atoms with van der Waals surface area (Å²) < 4.78 is 32.0. The Bertz CT molecular complexity index is 1390. The van der Waals surface area contributed by atoms with E-state index in [0.29, 0.717) is 25.0 Å². The number of rotatable bonds is 35. The molecular weight excluding hydrogens is 739 g/mol. The molecule has 0 radical (unpaired) electrons. The number of esters is 2. The Morgan fingerprint density at radius 3 is 1.49 bits per heavy atom. The van der Waals surface area contributed by atoms with Gasteiger partial charge in [-0.25, -0.2) is 4.57 Å². The fourth-order valence-corrected chi connectivity index (χ4v) is 5.59. The number of phosphoric acid groups is 1. The fourth-order valence-electron chi connectivity index (χ4n) is 5.23. The lowest BCUT2D eigenvalue weighted by molar-refractivity contribution is -0.161. The second-order valence-electron chi connectivity index (χ2n) is 13.6. The van der Waals surface area contributed by atoms with Crippen molar-refractivity contribution < 1.29 is 42.7 Å². The summed E-state index contributed by atoms with van der Waals surface area (Å²) in [5.41, 5.74) is 0. The maximum Gasteiger partial charge on any atom is 0.469 e. The molecule has 0 bridgehead atoms. The van der Waals surface area contributed by atoms with Gasteiger partial charge in [-0.15, -0.1) is 0 Å². The Morgan fingerprint density at radius 2 is 0.982 bits per heavy atom. The van der Waals surface area contributed by atoms with Gasteiger partial charge in [-0.05, 0) is 96.3 Å². The lowest BCUT2D eigenvalue weighted by atomic mass is 10.1. The molecule has 2 N–H and O–H groups in total. The largest absolute Gasteiger partial charge is 0.469 e. The van der Waals surface area contributed by atoms with E-state index in [9.17, 15) is 14.2 Å². The van der Waals surface area contributed by atoms with Crippen molar-refractivity contribution in [2.45, 2.75) is 148 Å². The van der Waals surface area contributed by atoms with Crippen LogP contribution in [0.1, 0.15) is 129 Å². The number of carbonyl (C=O) groups excluding carboxylic acids is 2. The molecule has 0 aromatic rings. The van der Waals surface area contributed by atoms with E-state index in [0.717, 1.165) is 89.9 Å². The molecule has 1 heterocycles. The van der Waals surface area contributed by atoms with Gasteiger partial charge in [-0.2, -0.15) is 0 Å². The minimum absolute atomic E-state index is 0.123. The van der Waals surface area contributed by atoms with Crippen molar-refractivity contribution in [1.82, 2.24) is 0 Å². The normalized spacial score (nSPS) is 17.3. The molecule has 0 amide bonds. The van der Waals surface area contributed by atoms with E-state index < -0.39 is 32.5 Å². The van der Waals surface area contributed by atoms with Gasteiger partial charge >= 0.3 is 19.8 Å². The summed E-state index contributed by atoms with van der Waals surface area (Å²) in [6, 6.07) is 0. The predicted octanol–water partition coefficient (Wildman–Crippen LogP) is 11.9. The summed E-state index contributed by atoms with van der Waals surface area (Å²) in [4.78, 5) is 42.8. The molecule has 0 saturated carbocycles. The van der Waals surface area contributed by atoms with Crippen LogP contribution in [-0.2, 0) is 32.9 Å². The fraction of sp³-hybridized carbons (Fsp3) is 0.532. The monoisotopic (exact) mass is 810 g/mol. The third-order valence-corrected chi connectivity index (χ3v) is 8.88. The molecule has 1 saturated heterocycles. The molecule has 1 fully saturated rings. The second-order valence-corrected chi connectivity index (χ2v) is 14.8. The zero-order valence-electron chi connectivity index (χ0n) is 34.6. The molecule has 0 aliphatic carbocycles. The molecule has 1 aliphatic heterocycles. The first-order valence-electron chi connectivity index (χ1n) is 21.0. The van der Waals surface area contributed by atoms with Crippen LogP contribution >= 0.6 is 7.82 Å². The van der Waals surface area contributed by atoms with Crippen molar-refractivity contribution >= 4 is 19.8 Å². The molecule has 9 nitrogen and oxygen atoms in total. The van der Waals surface area contributed by atoms with Crippen molar-refractivity contribution in [3.8, 4) is 0 Å². The maximum absolute atomic E-state index is 12.4. The molecule has 1 rings (SSSR count). The van der Waals surface area contributed by atoms with Crippen LogP contribution in [0, 0.1) is 0 Å². The Kier molecular flexibility index (Phi) is 33.1. The van der Waals surface area contributed by atoms with Crippen LogP contribution in [0.4, 0.5) is 0 Å². The van der Waals surface area contributed by atoms with Gasteiger partial charge in [0.15, 0.2) is 6.10 Å². The number of hydrogen-bond acceptors (Lipinski definition) is 7.